The Morgan fingerprint density at radius 2 is 1.59 bits per heavy atom. The van der Waals surface area contributed by atoms with Crippen molar-refractivity contribution in [2.24, 2.45) is 0 Å². The number of carbonyl (C=O) groups is 2. The molecule has 138 valence electrons. The molecule has 0 spiro atoms. The van der Waals surface area contributed by atoms with Crippen LogP contribution in [0.25, 0.3) is 0 Å². The van der Waals surface area contributed by atoms with Gasteiger partial charge in [-0.2, -0.15) is 0 Å². The molecule has 3 aromatic rings. The normalized spacial score (nSPS) is 11.6. The lowest BCUT2D eigenvalue weighted by Gasteiger charge is -2.18. The lowest BCUT2D eigenvalue weighted by molar-refractivity contribution is -0.124. The summed E-state index contributed by atoms with van der Waals surface area (Å²) in [4.78, 5) is 25.0. The molecule has 2 aromatic carbocycles. The van der Waals surface area contributed by atoms with Gasteiger partial charge in [0.05, 0.1) is 11.6 Å². The number of carbonyl (C=O) groups excluding carboxylic acids is 2. The predicted molar refractivity (Wildman–Crippen MR) is 97.4 cm³/mol. The van der Waals surface area contributed by atoms with Crippen LogP contribution in [0.1, 0.15) is 26.8 Å². The zero-order valence-corrected chi connectivity index (χ0v) is 14.8. The Labute approximate surface area is 158 Å². The van der Waals surface area contributed by atoms with E-state index >= 15 is 0 Å². The van der Waals surface area contributed by atoms with Gasteiger partial charge >= 0.3 is 5.97 Å². The Kier molecular flexibility index (Phi) is 5.93. The molecule has 7 heteroatoms. The average molecular weight is 387 g/mol. The van der Waals surface area contributed by atoms with Gasteiger partial charge < -0.3 is 10.1 Å². The van der Waals surface area contributed by atoms with E-state index in [4.69, 9.17) is 4.74 Å². The van der Waals surface area contributed by atoms with Crippen molar-refractivity contribution in [3.63, 3.8) is 0 Å². The maximum atomic E-state index is 13.2. The number of benzene rings is 2. The van der Waals surface area contributed by atoms with Gasteiger partial charge in [-0.3, -0.25) is 4.79 Å². The summed E-state index contributed by atoms with van der Waals surface area (Å²) in [5, 5.41) is 4.65. The molecule has 1 unspecified atom stereocenters. The number of amides is 1. The molecule has 1 N–H and O–H groups in total. The van der Waals surface area contributed by atoms with Crippen LogP contribution in [-0.4, -0.2) is 18.5 Å². The third kappa shape index (κ3) is 4.98. The number of nitrogens with one attached hydrogen (secondary N) is 1. The molecule has 0 fully saturated rings. The van der Waals surface area contributed by atoms with Crippen LogP contribution < -0.4 is 5.32 Å². The number of thiophene rings is 1. The molecule has 1 aromatic heterocycles. The highest BCUT2D eigenvalue weighted by atomic mass is 32.1. The van der Waals surface area contributed by atoms with E-state index in [2.05, 4.69) is 5.32 Å². The molecule has 0 radical (unpaired) electrons. The Balaban J connectivity index is 1.65. The van der Waals surface area contributed by atoms with E-state index in [0.717, 1.165) is 17.0 Å². The minimum atomic E-state index is -0.723. The highest BCUT2D eigenvalue weighted by Crippen LogP contribution is 2.26. The summed E-state index contributed by atoms with van der Waals surface area (Å²) in [6, 6.07) is 13.9. The van der Waals surface area contributed by atoms with Crippen LogP contribution >= 0.6 is 11.3 Å². The van der Waals surface area contributed by atoms with Gasteiger partial charge in [0, 0.05) is 4.88 Å². The van der Waals surface area contributed by atoms with E-state index < -0.39 is 30.3 Å². The fourth-order valence-corrected chi connectivity index (χ4v) is 3.24. The van der Waals surface area contributed by atoms with Crippen LogP contribution in [0.5, 0.6) is 0 Å². The van der Waals surface area contributed by atoms with Crippen molar-refractivity contribution in [1.82, 2.24) is 5.32 Å². The molecule has 1 atom stereocenters. The number of ether oxygens (including phenoxy) is 1. The molecule has 0 saturated carbocycles. The second-order valence-electron chi connectivity index (χ2n) is 5.65. The van der Waals surface area contributed by atoms with Gasteiger partial charge in [-0.05, 0) is 53.4 Å². The molecule has 1 heterocycles. The third-order valence-corrected chi connectivity index (χ3v) is 4.69. The smallest absolute Gasteiger partial charge is 0.338 e. The van der Waals surface area contributed by atoms with Crippen molar-refractivity contribution in [2.45, 2.75) is 6.04 Å². The van der Waals surface area contributed by atoms with Gasteiger partial charge in [-0.1, -0.05) is 18.2 Å². The lowest BCUT2D eigenvalue weighted by Crippen LogP contribution is -2.32. The lowest BCUT2D eigenvalue weighted by atomic mass is 10.1. The average Bonchev–Trinajstić information content (AvgIpc) is 3.20. The fraction of sp³-hybridized carbons (Fsp3) is 0.100. The highest BCUT2D eigenvalue weighted by Gasteiger charge is 2.19. The van der Waals surface area contributed by atoms with E-state index in [1.54, 1.807) is 12.1 Å². The van der Waals surface area contributed by atoms with E-state index in [1.807, 2.05) is 17.5 Å². The zero-order valence-electron chi connectivity index (χ0n) is 14.0. The van der Waals surface area contributed by atoms with Crippen molar-refractivity contribution in [3.8, 4) is 0 Å². The number of halogens is 2. The van der Waals surface area contributed by atoms with Crippen molar-refractivity contribution < 1.29 is 23.1 Å². The molecule has 4 nitrogen and oxygen atoms in total. The molecule has 0 aliphatic rings. The first-order valence-corrected chi connectivity index (χ1v) is 8.92. The summed E-state index contributed by atoms with van der Waals surface area (Å²) in [6.45, 7) is -0.487. The van der Waals surface area contributed by atoms with E-state index in [9.17, 15) is 18.4 Å². The van der Waals surface area contributed by atoms with Crippen LogP contribution in [0.15, 0.2) is 66.0 Å². The van der Waals surface area contributed by atoms with Gasteiger partial charge in [0.15, 0.2) is 6.61 Å². The second-order valence-corrected chi connectivity index (χ2v) is 6.63. The maximum Gasteiger partial charge on any atom is 0.338 e. The summed E-state index contributed by atoms with van der Waals surface area (Å²) in [7, 11) is 0. The van der Waals surface area contributed by atoms with E-state index in [0.29, 0.717) is 5.56 Å². The van der Waals surface area contributed by atoms with Gasteiger partial charge in [0.1, 0.15) is 11.6 Å². The largest absolute Gasteiger partial charge is 0.452 e. The molecule has 1 amide bonds. The van der Waals surface area contributed by atoms with Crippen LogP contribution in [-0.2, 0) is 9.53 Å². The Hall–Kier alpha value is -3.06. The molecule has 27 heavy (non-hydrogen) atoms. The molecule has 0 aliphatic heterocycles. The molecule has 0 bridgehead atoms. The Morgan fingerprint density at radius 1 is 0.963 bits per heavy atom. The topological polar surface area (TPSA) is 55.4 Å². The summed E-state index contributed by atoms with van der Waals surface area (Å²) in [5.74, 6) is -2.07. The van der Waals surface area contributed by atoms with E-state index in [-0.39, 0.29) is 11.4 Å². The van der Waals surface area contributed by atoms with Gasteiger partial charge in [0.25, 0.3) is 5.91 Å². The summed E-state index contributed by atoms with van der Waals surface area (Å²) < 4.78 is 31.0. The number of hydrogen-bond acceptors (Lipinski definition) is 4. The number of hydrogen-bond donors (Lipinski definition) is 1. The molecule has 0 aliphatic carbocycles. The molecule has 0 saturated heterocycles. The first-order chi connectivity index (χ1) is 13.0. The van der Waals surface area contributed by atoms with Crippen LogP contribution in [0.4, 0.5) is 8.78 Å². The fourth-order valence-electron chi connectivity index (χ4n) is 2.43. The number of esters is 1. The van der Waals surface area contributed by atoms with Gasteiger partial charge in [-0.15, -0.1) is 11.3 Å². The second kappa shape index (κ2) is 8.55. The van der Waals surface area contributed by atoms with Crippen LogP contribution in [0.2, 0.25) is 0 Å². The summed E-state index contributed by atoms with van der Waals surface area (Å²) in [5.41, 5.74) is 0.856. The highest BCUT2D eigenvalue weighted by molar-refractivity contribution is 7.10. The SMILES string of the molecule is O=C(COC(=O)c1ccc(F)cc1)NC(c1ccc(F)cc1)c1cccs1. The van der Waals surface area contributed by atoms with Crippen LogP contribution in [0.3, 0.4) is 0 Å². The van der Waals surface area contributed by atoms with Crippen molar-refractivity contribution >= 4 is 23.2 Å². The number of rotatable bonds is 6. The summed E-state index contributed by atoms with van der Waals surface area (Å²) in [6.07, 6.45) is 0. The predicted octanol–water partition coefficient (Wildman–Crippen LogP) is 4.09. The Morgan fingerprint density at radius 3 is 2.19 bits per heavy atom. The Bertz CT molecular complexity index is 909. The zero-order chi connectivity index (χ0) is 19.2. The van der Waals surface area contributed by atoms with Crippen molar-refractivity contribution in [3.05, 3.63) is 93.7 Å². The molecular formula is C20H15F2NO3S. The summed E-state index contributed by atoms with van der Waals surface area (Å²) >= 11 is 1.44. The maximum absolute atomic E-state index is 13.2. The molecule has 3 rings (SSSR count). The first kappa shape index (κ1) is 18.7. The quantitative estimate of drug-likeness (QED) is 0.648. The van der Waals surface area contributed by atoms with Crippen LogP contribution in [0, 0.1) is 11.6 Å². The van der Waals surface area contributed by atoms with Gasteiger partial charge in [0.2, 0.25) is 0 Å². The van der Waals surface area contributed by atoms with E-state index in [1.165, 1.54) is 35.6 Å². The first-order valence-electron chi connectivity index (χ1n) is 8.04. The van der Waals surface area contributed by atoms with Crippen molar-refractivity contribution in [2.75, 3.05) is 6.61 Å². The standard InChI is InChI=1S/C20H15F2NO3S/c21-15-7-3-13(4-8-15)19(17-2-1-11-27-17)23-18(24)12-26-20(25)14-5-9-16(22)10-6-14/h1-11,19H,12H2,(H,23,24). The third-order valence-electron chi connectivity index (χ3n) is 3.75. The molecular weight excluding hydrogens is 372 g/mol. The minimum absolute atomic E-state index is 0.151. The monoisotopic (exact) mass is 387 g/mol. The minimum Gasteiger partial charge on any atom is -0.452 e. The van der Waals surface area contributed by atoms with Crippen molar-refractivity contribution in [1.29, 1.82) is 0 Å². The van der Waals surface area contributed by atoms with Gasteiger partial charge in [-0.25, -0.2) is 13.6 Å².